The lowest BCUT2D eigenvalue weighted by Crippen LogP contribution is -2.04. The van der Waals surface area contributed by atoms with Crippen molar-refractivity contribution in [2.45, 2.75) is 12.4 Å². The highest BCUT2D eigenvalue weighted by Crippen LogP contribution is 2.32. The largest absolute Gasteiger partial charge is 0.471 e. The Labute approximate surface area is 142 Å². The second kappa shape index (κ2) is 6.36. The quantitative estimate of drug-likeness (QED) is 0.615. The van der Waals surface area contributed by atoms with Gasteiger partial charge >= 0.3 is 18.2 Å². The van der Waals surface area contributed by atoms with Gasteiger partial charge in [-0.3, -0.25) is 0 Å². The summed E-state index contributed by atoms with van der Waals surface area (Å²) in [5.41, 5.74) is 0.268. The fraction of sp³-hybridized carbons (Fsp3) is 0.125. The number of nitrogens with one attached hydrogen (secondary N) is 1. The lowest BCUT2D eigenvalue weighted by molar-refractivity contribution is -0.159. The molecule has 1 heterocycles. The van der Waals surface area contributed by atoms with Gasteiger partial charge in [0, 0.05) is 16.9 Å². The van der Waals surface area contributed by atoms with E-state index in [0.717, 1.165) is 12.1 Å². The molecule has 1 N–H and O–H groups in total. The molecular formula is C16H9F6N3O. The van der Waals surface area contributed by atoms with E-state index in [2.05, 4.69) is 20.0 Å². The van der Waals surface area contributed by atoms with Crippen LogP contribution in [0.1, 0.15) is 11.5 Å². The van der Waals surface area contributed by atoms with Crippen molar-refractivity contribution in [1.82, 2.24) is 10.1 Å². The molecule has 0 spiro atoms. The van der Waals surface area contributed by atoms with E-state index >= 15 is 0 Å². The van der Waals surface area contributed by atoms with E-state index in [1.807, 2.05) is 0 Å². The summed E-state index contributed by atoms with van der Waals surface area (Å²) in [7, 11) is 0. The third kappa shape index (κ3) is 3.95. The molecule has 0 atom stereocenters. The van der Waals surface area contributed by atoms with Gasteiger partial charge in [0.25, 0.3) is 0 Å². The topological polar surface area (TPSA) is 51.0 Å². The predicted molar refractivity (Wildman–Crippen MR) is 79.5 cm³/mol. The fourth-order valence-corrected chi connectivity index (χ4v) is 2.10. The third-order valence-corrected chi connectivity index (χ3v) is 3.29. The molecule has 0 fully saturated rings. The van der Waals surface area contributed by atoms with E-state index in [0.29, 0.717) is 11.4 Å². The molecule has 3 aromatic rings. The standard InChI is InChI=1S/C16H9F6N3O/c17-15(18,19)10-4-6-11(7-5-10)23-12-3-1-2-9(8-12)13-24-14(26-25-13)16(20,21)22/h1-8,23H. The van der Waals surface area contributed by atoms with Crippen LogP contribution in [0.15, 0.2) is 53.1 Å². The number of hydrogen-bond acceptors (Lipinski definition) is 4. The normalized spacial score (nSPS) is 12.2. The monoisotopic (exact) mass is 373 g/mol. The molecule has 0 saturated heterocycles. The van der Waals surface area contributed by atoms with Gasteiger partial charge in [0.15, 0.2) is 0 Å². The van der Waals surface area contributed by atoms with Gasteiger partial charge in [-0.2, -0.15) is 31.3 Å². The van der Waals surface area contributed by atoms with Crippen molar-refractivity contribution in [2.75, 3.05) is 5.32 Å². The molecule has 1 aromatic heterocycles. The minimum atomic E-state index is -4.75. The van der Waals surface area contributed by atoms with Crippen LogP contribution in [0.4, 0.5) is 37.7 Å². The van der Waals surface area contributed by atoms with Crippen LogP contribution >= 0.6 is 0 Å². The van der Waals surface area contributed by atoms with E-state index in [-0.39, 0.29) is 11.4 Å². The van der Waals surface area contributed by atoms with E-state index in [1.54, 1.807) is 6.07 Å². The SMILES string of the molecule is FC(F)(F)c1ccc(Nc2cccc(-c3noc(C(F)(F)F)n3)c2)cc1. The minimum absolute atomic E-state index is 0.251. The Morgan fingerprint density at radius 1 is 0.808 bits per heavy atom. The van der Waals surface area contributed by atoms with E-state index in [1.165, 1.54) is 30.3 Å². The summed E-state index contributed by atoms with van der Waals surface area (Å²) >= 11 is 0. The zero-order valence-electron chi connectivity index (χ0n) is 12.7. The highest BCUT2D eigenvalue weighted by molar-refractivity contribution is 5.67. The Morgan fingerprint density at radius 2 is 1.50 bits per heavy atom. The Kier molecular flexibility index (Phi) is 4.34. The number of benzene rings is 2. The van der Waals surface area contributed by atoms with Gasteiger partial charge in [-0.05, 0) is 36.4 Å². The van der Waals surface area contributed by atoms with Crippen molar-refractivity contribution in [1.29, 1.82) is 0 Å². The second-order valence-corrected chi connectivity index (χ2v) is 5.20. The summed E-state index contributed by atoms with van der Waals surface area (Å²) in [6.07, 6.45) is -9.19. The Bertz CT molecular complexity index is 899. The molecule has 0 saturated carbocycles. The molecule has 0 unspecified atom stereocenters. The van der Waals surface area contributed by atoms with Crippen molar-refractivity contribution in [3.63, 3.8) is 0 Å². The van der Waals surface area contributed by atoms with Gasteiger partial charge in [0.2, 0.25) is 5.82 Å². The maximum atomic E-state index is 12.5. The molecule has 0 radical (unpaired) electrons. The van der Waals surface area contributed by atoms with Crippen molar-refractivity contribution in [3.8, 4) is 11.4 Å². The first kappa shape index (κ1) is 17.8. The first-order valence-corrected chi connectivity index (χ1v) is 7.08. The molecule has 10 heteroatoms. The predicted octanol–water partition coefficient (Wildman–Crippen LogP) is 5.52. The van der Waals surface area contributed by atoms with Crippen LogP contribution in [0, 0.1) is 0 Å². The molecule has 0 aliphatic heterocycles. The zero-order valence-corrected chi connectivity index (χ0v) is 12.7. The summed E-state index contributed by atoms with van der Waals surface area (Å²) in [5.74, 6) is -1.72. The van der Waals surface area contributed by atoms with E-state index in [9.17, 15) is 26.3 Å². The second-order valence-electron chi connectivity index (χ2n) is 5.20. The number of nitrogens with zero attached hydrogens (tertiary/aromatic N) is 2. The van der Waals surface area contributed by atoms with E-state index in [4.69, 9.17) is 0 Å². The van der Waals surface area contributed by atoms with Crippen LogP contribution < -0.4 is 5.32 Å². The summed E-state index contributed by atoms with van der Waals surface area (Å²) in [4.78, 5) is 3.28. The number of anilines is 2. The molecule has 3 rings (SSSR count). The van der Waals surface area contributed by atoms with Gasteiger partial charge in [-0.15, -0.1) is 0 Å². The molecular weight excluding hydrogens is 364 g/mol. The molecule has 0 bridgehead atoms. The lowest BCUT2D eigenvalue weighted by Gasteiger charge is -2.10. The summed E-state index contributed by atoms with van der Waals surface area (Å²) in [6.45, 7) is 0. The van der Waals surface area contributed by atoms with Crippen LogP contribution in [-0.4, -0.2) is 10.1 Å². The number of aromatic nitrogens is 2. The highest BCUT2D eigenvalue weighted by atomic mass is 19.4. The number of halogens is 6. The van der Waals surface area contributed by atoms with Gasteiger partial charge < -0.3 is 9.84 Å². The van der Waals surface area contributed by atoms with Crippen LogP contribution in [-0.2, 0) is 12.4 Å². The first-order chi connectivity index (χ1) is 12.1. The molecule has 136 valence electrons. The zero-order chi connectivity index (χ0) is 18.9. The highest BCUT2D eigenvalue weighted by Gasteiger charge is 2.38. The van der Waals surface area contributed by atoms with Crippen molar-refractivity contribution in [2.24, 2.45) is 0 Å². The Hall–Kier alpha value is -3.04. The van der Waals surface area contributed by atoms with Gasteiger partial charge in [-0.25, -0.2) is 0 Å². The Morgan fingerprint density at radius 3 is 2.08 bits per heavy atom. The molecule has 2 aromatic carbocycles. The van der Waals surface area contributed by atoms with Gasteiger partial charge in [0.1, 0.15) is 0 Å². The number of alkyl halides is 6. The van der Waals surface area contributed by atoms with Crippen LogP contribution in [0.5, 0.6) is 0 Å². The molecule has 0 amide bonds. The maximum absolute atomic E-state index is 12.5. The van der Waals surface area contributed by atoms with Crippen molar-refractivity contribution < 1.29 is 30.9 Å². The lowest BCUT2D eigenvalue weighted by atomic mass is 10.1. The smallest absolute Gasteiger partial charge is 0.356 e. The van der Waals surface area contributed by atoms with Gasteiger partial charge in [0.05, 0.1) is 5.56 Å². The average molecular weight is 373 g/mol. The Balaban J connectivity index is 1.80. The number of rotatable bonds is 3. The molecule has 4 nitrogen and oxygen atoms in total. The molecule has 0 aliphatic carbocycles. The van der Waals surface area contributed by atoms with Gasteiger partial charge in [-0.1, -0.05) is 17.3 Å². The maximum Gasteiger partial charge on any atom is 0.471 e. The van der Waals surface area contributed by atoms with Crippen molar-refractivity contribution >= 4 is 11.4 Å². The third-order valence-electron chi connectivity index (χ3n) is 3.29. The van der Waals surface area contributed by atoms with Crippen LogP contribution in [0.3, 0.4) is 0 Å². The summed E-state index contributed by atoms with van der Waals surface area (Å²) in [5, 5.41) is 6.13. The molecule has 0 aliphatic rings. The first-order valence-electron chi connectivity index (χ1n) is 7.08. The van der Waals surface area contributed by atoms with Crippen molar-refractivity contribution in [3.05, 3.63) is 60.0 Å². The van der Waals surface area contributed by atoms with Crippen LogP contribution in [0.25, 0.3) is 11.4 Å². The fourth-order valence-electron chi connectivity index (χ4n) is 2.10. The van der Waals surface area contributed by atoms with Crippen LogP contribution in [0.2, 0.25) is 0 Å². The molecule has 26 heavy (non-hydrogen) atoms. The number of hydrogen-bond donors (Lipinski definition) is 1. The minimum Gasteiger partial charge on any atom is -0.356 e. The average Bonchev–Trinajstić information content (AvgIpc) is 3.05. The van der Waals surface area contributed by atoms with E-state index < -0.39 is 23.8 Å². The summed E-state index contributed by atoms with van der Waals surface area (Å²) < 4.78 is 79.4. The summed E-state index contributed by atoms with van der Waals surface area (Å²) in [6, 6.07) is 10.4.